The summed E-state index contributed by atoms with van der Waals surface area (Å²) in [5.74, 6) is 2.08. The van der Waals surface area contributed by atoms with Crippen LogP contribution in [0.15, 0.2) is 46.2 Å². The molecule has 5 heteroatoms. The molecule has 0 bridgehead atoms. The molecule has 4 rings (SSSR count). The van der Waals surface area contributed by atoms with Crippen molar-refractivity contribution in [1.82, 2.24) is 9.55 Å². The van der Waals surface area contributed by atoms with Crippen molar-refractivity contribution >= 4 is 10.8 Å². The first-order chi connectivity index (χ1) is 12.3. The Hall–Kier alpha value is -2.56. The van der Waals surface area contributed by atoms with Gasteiger partial charge in [-0.2, -0.15) is 0 Å². The van der Waals surface area contributed by atoms with E-state index in [4.69, 9.17) is 9.15 Å². The molecule has 0 unspecified atom stereocenters. The van der Waals surface area contributed by atoms with Crippen LogP contribution in [0.3, 0.4) is 0 Å². The topological polar surface area (TPSA) is 57.3 Å². The van der Waals surface area contributed by atoms with Gasteiger partial charge in [-0.1, -0.05) is 19.4 Å². The maximum absolute atomic E-state index is 12.8. The lowest BCUT2D eigenvalue weighted by atomic mass is 10.1. The van der Waals surface area contributed by atoms with Crippen LogP contribution in [0.25, 0.3) is 22.1 Å². The fourth-order valence-electron chi connectivity index (χ4n) is 3.03. The van der Waals surface area contributed by atoms with Crippen LogP contribution in [0.4, 0.5) is 0 Å². The Morgan fingerprint density at radius 2 is 2.20 bits per heavy atom. The first-order valence-corrected chi connectivity index (χ1v) is 8.95. The molecule has 1 fully saturated rings. The van der Waals surface area contributed by atoms with Crippen molar-refractivity contribution in [3.63, 3.8) is 0 Å². The van der Waals surface area contributed by atoms with Crippen LogP contribution in [0.1, 0.15) is 32.6 Å². The fraction of sp³-hybridized carbons (Fsp3) is 0.400. The zero-order chi connectivity index (χ0) is 17.2. The number of pyridine rings is 1. The number of ether oxygens (including phenoxy) is 1. The number of benzene rings is 1. The van der Waals surface area contributed by atoms with E-state index in [0.29, 0.717) is 23.7 Å². The third kappa shape index (κ3) is 3.31. The Morgan fingerprint density at radius 3 is 2.92 bits per heavy atom. The summed E-state index contributed by atoms with van der Waals surface area (Å²) in [6.07, 6.45) is 9.44. The largest absolute Gasteiger partial charge is 0.491 e. The molecule has 0 N–H and O–H groups in total. The summed E-state index contributed by atoms with van der Waals surface area (Å²) in [6.45, 7) is 3.57. The van der Waals surface area contributed by atoms with Crippen molar-refractivity contribution < 1.29 is 9.15 Å². The minimum atomic E-state index is 0.0499. The SMILES string of the molecule is CCCCOc1cn(CC2CC2)c(=O)c2ccc(-c3cnco3)cc12. The number of oxazole rings is 1. The average molecular weight is 338 g/mol. The molecule has 0 atom stereocenters. The summed E-state index contributed by atoms with van der Waals surface area (Å²) in [4.78, 5) is 16.8. The Labute approximate surface area is 146 Å². The number of aromatic nitrogens is 2. The molecule has 0 aliphatic heterocycles. The number of fused-ring (bicyclic) bond motifs is 1. The molecule has 25 heavy (non-hydrogen) atoms. The van der Waals surface area contributed by atoms with Crippen molar-refractivity contribution in [2.75, 3.05) is 6.61 Å². The molecule has 0 saturated heterocycles. The van der Waals surface area contributed by atoms with Crippen LogP contribution >= 0.6 is 0 Å². The van der Waals surface area contributed by atoms with E-state index >= 15 is 0 Å². The molecule has 5 nitrogen and oxygen atoms in total. The number of nitrogens with zero attached hydrogens (tertiary/aromatic N) is 2. The summed E-state index contributed by atoms with van der Waals surface area (Å²) < 4.78 is 13.2. The third-order valence-corrected chi connectivity index (χ3v) is 4.67. The zero-order valence-electron chi connectivity index (χ0n) is 14.4. The highest BCUT2D eigenvalue weighted by Crippen LogP contribution is 2.32. The molecule has 2 aromatic heterocycles. The normalized spacial score (nSPS) is 14.1. The van der Waals surface area contributed by atoms with Gasteiger partial charge in [0, 0.05) is 23.7 Å². The zero-order valence-corrected chi connectivity index (χ0v) is 14.4. The first-order valence-electron chi connectivity index (χ1n) is 8.95. The van der Waals surface area contributed by atoms with E-state index in [1.807, 2.05) is 29.0 Å². The van der Waals surface area contributed by atoms with Crippen molar-refractivity contribution in [3.05, 3.63) is 47.3 Å². The summed E-state index contributed by atoms with van der Waals surface area (Å²) in [6, 6.07) is 5.73. The van der Waals surface area contributed by atoms with Crippen LogP contribution in [-0.4, -0.2) is 16.2 Å². The smallest absolute Gasteiger partial charge is 0.258 e. The fourth-order valence-corrected chi connectivity index (χ4v) is 3.03. The molecule has 2 heterocycles. The Kier molecular flexibility index (Phi) is 4.30. The number of hydrogen-bond donors (Lipinski definition) is 0. The highest BCUT2D eigenvalue weighted by Gasteiger charge is 2.23. The van der Waals surface area contributed by atoms with E-state index in [-0.39, 0.29) is 5.56 Å². The van der Waals surface area contributed by atoms with E-state index in [9.17, 15) is 4.79 Å². The van der Waals surface area contributed by atoms with Gasteiger partial charge in [-0.3, -0.25) is 4.79 Å². The summed E-state index contributed by atoms with van der Waals surface area (Å²) in [5, 5.41) is 1.53. The van der Waals surface area contributed by atoms with Gasteiger partial charge in [0.2, 0.25) is 0 Å². The van der Waals surface area contributed by atoms with E-state index in [2.05, 4.69) is 11.9 Å². The molecule has 0 radical (unpaired) electrons. The van der Waals surface area contributed by atoms with Gasteiger partial charge in [-0.15, -0.1) is 0 Å². The standard InChI is InChI=1S/C20H22N2O3/c1-2-3-8-24-19-12-22(11-14-4-5-14)20(23)16-7-6-15(9-17(16)19)18-10-21-13-25-18/h6-7,9-10,12-14H,2-5,8,11H2,1H3. The monoisotopic (exact) mass is 338 g/mol. The molecular weight excluding hydrogens is 316 g/mol. The highest BCUT2D eigenvalue weighted by atomic mass is 16.5. The van der Waals surface area contributed by atoms with Gasteiger partial charge >= 0.3 is 0 Å². The predicted octanol–water partition coefficient (Wildman–Crippen LogP) is 4.25. The van der Waals surface area contributed by atoms with Gasteiger partial charge in [0.1, 0.15) is 5.75 Å². The highest BCUT2D eigenvalue weighted by molar-refractivity contribution is 5.90. The van der Waals surface area contributed by atoms with Crippen LogP contribution in [-0.2, 0) is 6.54 Å². The molecule has 1 aliphatic rings. The number of rotatable bonds is 7. The summed E-state index contributed by atoms with van der Waals surface area (Å²) >= 11 is 0. The molecule has 1 saturated carbocycles. The molecule has 0 amide bonds. The molecule has 3 aromatic rings. The van der Waals surface area contributed by atoms with Crippen LogP contribution in [0, 0.1) is 5.92 Å². The van der Waals surface area contributed by atoms with E-state index in [1.165, 1.54) is 19.2 Å². The summed E-state index contributed by atoms with van der Waals surface area (Å²) in [7, 11) is 0. The van der Waals surface area contributed by atoms with E-state index in [1.54, 1.807) is 6.20 Å². The van der Waals surface area contributed by atoms with Crippen molar-refractivity contribution in [1.29, 1.82) is 0 Å². The van der Waals surface area contributed by atoms with Crippen molar-refractivity contribution in [2.24, 2.45) is 5.92 Å². The van der Waals surface area contributed by atoms with Gasteiger partial charge in [0.15, 0.2) is 12.2 Å². The second-order valence-electron chi connectivity index (χ2n) is 6.72. The van der Waals surface area contributed by atoms with Crippen LogP contribution < -0.4 is 10.3 Å². The van der Waals surface area contributed by atoms with Crippen LogP contribution in [0.5, 0.6) is 5.75 Å². The molecule has 130 valence electrons. The lowest BCUT2D eigenvalue weighted by molar-refractivity contribution is 0.309. The second-order valence-corrected chi connectivity index (χ2v) is 6.72. The quantitative estimate of drug-likeness (QED) is 0.605. The van der Waals surface area contributed by atoms with Crippen LogP contribution in [0.2, 0.25) is 0 Å². The molecule has 1 aliphatic carbocycles. The van der Waals surface area contributed by atoms with E-state index < -0.39 is 0 Å². The minimum absolute atomic E-state index is 0.0499. The Morgan fingerprint density at radius 1 is 1.32 bits per heavy atom. The predicted molar refractivity (Wildman–Crippen MR) is 96.8 cm³/mol. The van der Waals surface area contributed by atoms with Crippen molar-refractivity contribution in [3.8, 4) is 17.1 Å². The maximum Gasteiger partial charge on any atom is 0.258 e. The molecule has 0 spiro atoms. The summed E-state index contributed by atoms with van der Waals surface area (Å²) in [5.41, 5.74) is 0.943. The lowest BCUT2D eigenvalue weighted by Crippen LogP contribution is -2.21. The van der Waals surface area contributed by atoms with Gasteiger partial charge < -0.3 is 13.7 Å². The third-order valence-electron chi connectivity index (χ3n) is 4.67. The molecular formula is C20H22N2O3. The number of unbranched alkanes of at least 4 members (excludes halogenated alkanes) is 1. The first kappa shape index (κ1) is 15.9. The average Bonchev–Trinajstić information content (AvgIpc) is 3.27. The Bertz CT molecular complexity index is 924. The lowest BCUT2D eigenvalue weighted by Gasteiger charge is -2.14. The molecule has 1 aromatic carbocycles. The number of hydrogen-bond acceptors (Lipinski definition) is 4. The Balaban J connectivity index is 1.81. The maximum atomic E-state index is 12.8. The van der Waals surface area contributed by atoms with Gasteiger partial charge in [-0.05, 0) is 37.3 Å². The van der Waals surface area contributed by atoms with Crippen molar-refractivity contribution in [2.45, 2.75) is 39.2 Å². The van der Waals surface area contributed by atoms with Gasteiger partial charge in [-0.25, -0.2) is 4.98 Å². The van der Waals surface area contributed by atoms with Gasteiger partial charge in [0.25, 0.3) is 5.56 Å². The van der Waals surface area contributed by atoms with E-state index in [0.717, 1.165) is 36.1 Å². The van der Waals surface area contributed by atoms with Gasteiger partial charge in [0.05, 0.1) is 18.2 Å². The minimum Gasteiger partial charge on any atom is -0.491 e. The second kappa shape index (κ2) is 6.75.